The van der Waals surface area contributed by atoms with Gasteiger partial charge in [0.2, 0.25) is 0 Å². The fraction of sp³-hybridized carbons (Fsp3) is 0.333. The maximum absolute atomic E-state index is 12.3. The molecule has 1 N–H and O–H groups in total. The fourth-order valence-electron chi connectivity index (χ4n) is 1.96. The number of anilines is 1. The highest BCUT2D eigenvalue weighted by Gasteiger charge is 2.19. The van der Waals surface area contributed by atoms with Crippen molar-refractivity contribution < 1.29 is 9.32 Å². The number of amides is 1. The van der Waals surface area contributed by atoms with Crippen LogP contribution in [0.3, 0.4) is 0 Å². The first kappa shape index (κ1) is 13.3. The Kier molecular flexibility index (Phi) is 3.69. The monoisotopic (exact) mass is 258 g/mol. The first-order valence-corrected chi connectivity index (χ1v) is 6.36. The normalized spacial score (nSPS) is 10.5. The van der Waals surface area contributed by atoms with Crippen molar-refractivity contribution in [3.05, 3.63) is 46.3 Å². The van der Waals surface area contributed by atoms with Crippen molar-refractivity contribution in [3.8, 4) is 0 Å². The number of nitrogens with zero attached hydrogens (tertiary/aromatic N) is 1. The summed E-state index contributed by atoms with van der Waals surface area (Å²) in [5, 5.41) is 6.73. The summed E-state index contributed by atoms with van der Waals surface area (Å²) in [6, 6.07) is 5.85. The van der Waals surface area contributed by atoms with Crippen LogP contribution in [0.5, 0.6) is 0 Å². The number of nitrogens with one attached hydrogen (secondary N) is 1. The van der Waals surface area contributed by atoms with Crippen LogP contribution >= 0.6 is 0 Å². The molecule has 100 valence electrons. The Balaban J connectivity index is 2.25. The summed E-state index contributed by atoms with van der Waals surface area (Å²) in [6.45, 7) is 7.78. The molecule has 2 rings (SSSR count). The first-order chi connectivity index (χ1) is 9.02. The average molecular weight is 258 g/mol. The van der Waals surface area contributed by atoms with E-state index in [1.54, 1.807) is 6.92 Å². The van der Waals surface area contributed by atoms with E-state index < -0.39 is 0 Å². The van der Waals surface area contributed by atoms with Gasteiger partial charge in [-0.15, -0.1) is 0 Å². The average Bonchev–Trinajstić information content (AvgIpc) is 2.75. The lowest BCUT2D eigenvalue weighted by Gasteiger charge is -2.07. The molecule has 0 saturated heterocycles. The molecule has 0 aliphatic carbocycles. The molecule has 0 unspecified atom stereocenters. The van der Waals surface area contributed by atoms with Crippen LogP contribution < -0.4 is 5.32 Å². The molecule has 1 amide bonds. The third kappa shape index (κ3) is 2.67. The Morgan fingerprint density at radius 2 is 2.00 bits per heavy atom. The molecule has 4 nitrogen and oxygen atoms in total. The van der Waals surface area contributed by atoms with Gasteiger partial charge in [0.15, 0.2) is 0 Å². The van der Waals surface area contributed by atoms with Crippen LogP contribution in [-0.2, 0) is 6.42 Å². The van der Waals surface area contributed by atoms with E-state index in [-0.39, 0.29) is 5.91 Å². The minimum absolute atomic E-state index is 0.168. The zero-order chi connectivity index (χ0) is 14.0. The zero-order valence-electron chi connectivity index (χ0n) is 11.7. The SMILES string of the molecule is CCc1onc(C)c1C(=O)Nc1ccc(C)c(C)c1. The minimum Gasteiger partial charge on any atom is -0.360 e. The van der Waals surface area contributed by atoms with Gasteiger partial charge in [-0.05, 0) is 44.0 Å². The number of hydrogen-bond donors (Lipinski definition) is 1. The van der Waals surface area contributed by atoms with Gasteiger partial charge in [-0.2, -0.15) is 0 Å². The van der Waals surface area contributed by atoms with Gasteiger partial charge in [-0.25, -0.2) is 0 Å². The predicted molar refractivity (Wildman–Crippen MR) is 74.5 cm³/mol. The highest BCUT2D eigenvalue weighted by atomic mass is 16.5. The van der Waals surface area contributed by atoms with Gasteiger partial charge in [0.05, 0.1) is 5.69 Å². The summed E-state index contributed by atoms with van der Waals surface area (Å²) in [4.78, 5) is 12.3. The van der Waals surface area contributed by atoms with E-state index in [2.05, 4.69) is 10.5 Å². The molecule has 0 radical (unpaired) electrons. The Morgan fingerprint density at radius 1 is 1.26 bits per heavy atom. The van der Waals surface area contributed by atoms with E-state index in [0.717, 1.165) is 11.3 Å². The maximum atomic E-state index is 12.3. The summed E-state index contributed by atoms with van der Waals surface area (Å²) < 4.78 is 5.14. The second-order valence-electron chi connectivity index (χ2n) is 4.67. The minimum atomic E-state index is -0.168. The van der Waals surface area contributed by atoms with Crippen LogP contribution in [0.1, 0.15) is 39.9 Å². The smallest absolute Gasteiger partial charge is 0.261 e. The lowest BCUT2D eigenvalue weighted by atomic mass is 10.1. The molecule has 0 saturated carbocycles. The topological polar surface area (TPSA) is 55.1 Å². The van der Waals surface area contributed by atoms with E-state index in [1.165, 1.54) is 5.56 Å². The Bertz CT molecular complexity index is 615. The van der Waals surface area contributed by atoms with Crippen LogP contribution in [0.25, 0.3) is 0 Å². The van der Waals surface area contributed by atoms with Crippen LogP contribution in [0, 0.1) is 20.8 Å². The molecule has 0 bridgehead atoms. The molecule has 0 aliphatic heterocycles. The number of aromatic nitrogens is 1. The zero-order valence-corrected chi connectivity index (χ0v) is 11.7. The van der Waals surface area contributed by atoms with Crippen molar-refractivity contribution in [3.63, 3.8) is 0 Å². The highest BCUT2D eigenvalue weighted by molar-refractivity contribution is 6.05. The van der Waals surface area contributed by atoms with Gasteiger partial charge in [0.1, 0.15) is 11.3 Å². The van der Waals surface area contributed by atoms with Gasteiger partial charge in [-0.1, -0.05) is 18.1 Å². The van der Waals surface area contributed by atoms with E-state index in [4.69, 9.17) is 4.52 Å². The second kappa shape index (κ2) is 5.26. The molecule has 4 heteroatoms. The highest BCUT2D eigenvalue weighted by Crippen LogP contribution is 2.18. The number of carbonyl (C=O) groups is 1. The first-order valence-electron chi connectivity index (χ1n) is 6.36. The van der Waals surface area contributed by atoms with E-state index in [9.17, 15) is 4.79 Å². The Labute approximate surface area is 112 Å². The van der Waals surface area contributed by atoms with Crippen LogP contribution in [0.4, 0.5) is 5.69 Å². The molecule has 1 heterocycles. The summed E-state index contributed by atoms with van der Waals surface area (Å²) >= 11 is 0. The van der Waals surface area contributed by atoms with Crippen molar-refractivity contribution in [2.75, 3.05) is 5.32 Å². The summed E-state index contributed by atoms with van der Waals surface area (Å²) in [5.74, 6) is 0.456. The number of rotatable bonds is 3. The molecule has 2 aromatic rings. The number of carbonyl (C=O) groups excluding carboxylic acids is 1. The number of aryl methyl sites for hydroxylation is 4. The second-order valence-corrected chi connectivity index (χ2v) is 4.67. The quantitative estimate of drug-likeness (QED) is 0.917. The van der Waals surface area contributed by atoms with Gasteiger partial charge in [-0.3, -0.25) is 4.79 Å². The lowest BCUT2D eigenvalue weighted by Crippen LogP contribution is -2.14. The van der Waals surface area contributed by atoms with E-state index >= 15 is 0 Å². The van der Waals surface area contributed by atoms with Crippen LogP contribution in [0.2, 0.25) is 0 Å². The molecule has 0 aliphatic rings. The summed E-state index contributed by atoms with van der Waals surface area (Å²) in [6.07, 6.45) is 0.649. The number of hydrogen-bond acceptors (Lipinski definition) is 3. The fourth-order valence-corrected chi connectivity index (χ4v) is 1.96. The maximum Gasteiger partial charge on any atom is 0.261 e. The summed E-state index contributed by atoms with van der Waals surface area (Å²) in [7, 11) is 0. The van der Waals surface area contributed by atoms with Gasteiger partial charge >= 0.3 is 0 Å². The largest absolute Gasteiger partial charge is 0.360 e. The molecular formula is C15H18N2O2. The van der Waals surface area contributed by atoms with Crippen molar-refractivity contribution in [1.82, 2.24) is 5.16 Å². The van der Waals surface area contributed by atoms with E-state index in [0.29, 0.717) is 23.4 Å². The van der Waals surface area contributed by atoms with Gasteiger partial charge < -0.3 is 9.84 Å². The van der Waals surface area contributed by atoms with Gasteiger partial charge in [0.25, 0.3) is 5.91 Å². The molecule has 0 atom stereocenters. The third-order valence-corrected chi connectivity index (χ3v) is 3.25. The van der Waals surface area contributed by atoms with E-state index in [1.807, 2.05) is 39.0 Å². The van der Waals surface area contributed by atoms with Crippen molar-refractivity contribution >= 4 is 11.6 Å². The number of benzene rings is 1. The molecule has 0 spiro atoms. The lowest BCUT2D eigenvalue weighted by molar-refractivity contribution is 0.102. The molecular weight excluding hydrogens is 240 g/mol. The van der Waals surface area contributed by atoms with Crippen molar-refractivity contribution in [1.29, 1.82) is 0 Å². The third-order valence-electron chi connectivity index (χ3n) is 3.25. The standard InChI is InChI=1S/C15H18N2O2/c1-5-13-14(11(4)17-19-13)15(18)16-12-7-6-9(2)10(3)8-12/h6-8H,5H2,1-4H3,(H,16,18). The van der Waals surface area contributed by atoms with Crippen LogP contribution in [0.15, 0.2) is 22.7 Å². The Hall–Kier alpha value is -2.10. The molecule has 1 aromatic heterocycles. The summed E-state index contributed by atoms with van der Waals surface area (Å²) in [5.41, 5.74) is 4.30. The predicted octanol–water partition coefficient (Wildman–Crippen LogP) is 3.41. The molecule has 0 fully saturated rings. The van der Waals surface area contributed by atoms with Gasteiger partial charge in [0, 0.05) is 12.1 Å². The molecule has 19 heavy (non-hydrogen) atoms. The van der Waals surface area contributed by atoms with Crippen molar-refractivity contribution in [2.45, 2.75) is 34.1 Å². The van der Waals surface area contributed by atoms with Crippen molar-refractivity contribution in [2.24, 2.45) is 0 Å². The molecule has 1 aromatic carbocycles. The van der Waals surface area contributed by atoms with Crippen LogP contribution in [-0.4, -0.2) is 11.1 Å². The Morgan fingerprint density at radius 3 is 2.63 bits per heavy atom.